The average Bonchev–Trinajstić information content (AvgIpc) is 2.85. The maximum atomic E-state index is 10.8. The SMILES string of the molecule is O=[N+]([O-])c1ccc(Nc2nc(Cl)nc(Nc3ccc(Nc4ccnc5cc(Cl)ccc45)cc3)n2)cc1. The van der Waals surface area contributed by atoms with E-state index in [0.717, 1.165) is 28.0 Å². The van der Waals surface area contributed by atoms with Crippen LogP contribution in [0.25, 0.3) is 10.9 Å². The van der Waals surface area contributed by atoms with Crippen molar-refractivity contribution in [2.24, 2.45) is 0 Å². The van der Waals surface area contributed by atoms with Crippen LogP contribution >= 0.6 is 23.2 Å². The molecule has 2 heterocycles. The highest BCUT2D eigenvalue weighted by atomic mass is 35.5. The van der Waals surface area contributed by atoms with Crippen molar-refractivity contribution >= 4 is 74.4 Å². The molecule has 10 nitrogen and oxygen atoms in total. The van der Waals surface area contributed by atoms with Gasteiger partial charge in [0.2, 0.25) is 17.2 Å². The molecule has 0 aliphatic carbocycles. The fourth-order valence-corrected chi connectivity index (χ4v) is 3.74. The molecule has 5 aromatic rings. The van der Waals surface area contributed by atoms with E-state index < -0.39 is 4.92 Å². The number of nitrogens with zero attached hydrogens (tertiary/aromatic N) is 5. The van der Waals surface area contributed by atoms with E-state index in [9.17, 15) is 10.1 Å². The molecular weight excluding hydrogens is 503 g/mol. The van der Waals surface area contributed by atoms with Crippen LogP contribution in [0.2, 0.25) is 10.3 Å². The summed E-state index contributed by atoms with van der Waals surface area (Å²) in [5, 5.41) is 21.8. The van der Waals surface area contributed by atoms with E-state index >= 15 is 0 Å². The van der Waals surface area contributed by atoms with Crippen LogP contribution in [0, 0.1) is 10.1 Å². The van der Waals surface area contributed by atoms with Crippen LogP contribution in [0.15, 0.2) is 79.0 Å². The molecule has 36 heavy (non-hydrogen) atoms. The molecule has 0 saturated carbocycles. The molecule has 5 rings (SSSR count). The predicted octanol–water partition coefficient (Wildman–Crippen LogP) is 6.87. The summed E-state index contributed by atoms with van der Waals surface area (Å²) in [5.74, 6) is 0.423. The first-order chi connectivity index (χ1) is 17.4. The molecule has 0 atom stereocenters. The number of benzene rings is 3. The summed E-state index contributed by atoms with van der Waals surface area (Å²) in [7, 11) is 0. The standard InChI is InChI=1S/C24H16Cl2N8O2/c25-14-1-10-19-20(11-12-27-21(19)13-14)28-15-2-4-16(5-3-15)29-23-31-22(26)32-24(33-23)30-17-6-8-18(9-7-17)34(35)36/h1-13H,(H,27,28)(H2,29,30,31,32,33). The summed E-state index contributed by atoms with van der Waals surface area (Å²) >= 11 is 12.1. The molecular formula is C24H16Cl2N8O2. The fraction of sp³-hybridized carbons (Fsp3) is 0. The topological polar surface area (TPSA) is 131 Å². The van der Waals surface area contributed by atoms with Crippen molar-refractivity contribution in [2.45, 2.75) is 0 Å². The van der Waals surface area contributed by atoms with E-state index in [4.69, 9.17) is 23.2 Å². The lowest BCUT2D eigenvalue weighted by Crippen LogP contribution is -2.04. The van der Waals surface area contributed by atoms with Crippen molar-refractivity contribution in [3.05, 3.63) is 99.4 Å². The van der Waals surface area contributed by atoms with Gasteiger partial charge in [0.15, 0.2) is 0 Å². The first-order valence-corrected chi connectivity index (χ1v) is 11.3. The zero-order chi connectivity index (χ0) is 25.1. The van der Waals surface area contributed by atoms with Crippen molar-refractivity contribution in [1.29, 1.82) is 0 Å². The number of non-ortho nitro benzene ring substituents is 1. The Labute approximate surface area is 214 Å². The Morgan fingerprint density at radius 1 is 0.722 bits per heavy atom. The molecule has 0 spiro atoms. The maximum Gasteiger partial charge on any atom is 0.269 e. The Morgan fingerprint density at radius 3 is 1.92 bits per heavy atom. The minimum Gasteiger partial charge on any atom is -0.355 e. The molecule has 0 aliphatic heterocycles. The van der Waals surface area contributed by atoms with Crippen LogP contribution in [0.5, 0.6) is 0 Å². The van der Waals surface area contributed by atoms with E-state index in [1.165, 1.54) is 12.1 Å². The third kappa shape index (κ3) is 5.40. The largest absolute Gasteiger partial charge is 0.355 e. The first-order valence-electron chi connectivity index (χ1n) is 10.5. The van der Waals surface area contributed by atoms with Gasteiger partial charge in [-0.2, -0.15) is 15.0 Å². The highest BCUT2D eigenvalue weighted by Gasteiger charge is 2.09. The number of rotatable bonds is 7. The number of hydrogen-bond donors (Lipinski definition) is 3. The Balaban J connectivity index is 1.29. The van der Waals surface area contributed by atoms with Gasteiger partial charge >= 0.3 is 0 Å². The monoisotopic (exact) mass is 518 g/mol. The predicted molar refractivity (Wildman–Crippen MR) is 141 cm³/mol. The van der Waals surface area contributed by atoms with Gasteiger partial charge in [0.05, 0.1) is 10.4 Å². The smallest absolute Gasteiger partial charge is 0.269 e. The number of pyridine rings is 1. The Hall–Kier alpha value is -4.54. The number of nitrogens with one attached hydrogen (secondary N) is 3. The average molecular weight is 519 g/mol. The number of nitro groups is 1. The van der Waals surface area contributed by atoms with Crippen LogP contribution in [0.1, 0.15) is 0 Å². The molecule has 3 N–H and O–H groups in total. The van der Waals surface area contributed by atoms with Crippen LogP contribution in [-0.2, 0) is 0 Å². The Kier molecular flexibility index (Phi) is 6.44. The quantitative estimate of drug-likeness (QED) is 0.156. The summed E-state index contributed by atoms with van der Waals surface area (Å²) in [6.45, 7) is 0. The van der Waals surface area contributed by atoms with Gasteiger partial charge in [-0.05, 0) is 72.3 Å². The van der Waals surface area contributed by atoms with Crippen molar-refractivity contribution in [3.63, 3.8) is 0 Å². The van der Waals surface area contributed by atoms with Crippen molar-refractivity contribution in [3.8, 4) is 0 Å². The lowest BCUT2D eigenvalue weighted by molar-refractivity contribution is -0.384. The molecule has 0 saturated heterocycles. The first kappa shape index (κ1) is 23.2. The van der Waals surface area contributed by atoms with Crippen molar-refractivity contribution in [1.82, 2.24) is 19.9 Å². The summed E-state index contributed by atoms with van der Waals surface area (Å²) in [6.07, 6.45) is 1.73. The van der Waals surface area contributed by atoms with E-state index in [1.807, 2.05) is 48.5 Å². The van der Waals surface area contributed by atoms with Gasteiger partial charge in [-0.1, -0.05) is 11.6 Å². The van der Waals surface area contributed by atoms with Crippen LogP contribution in [0.4, 0.5) is 40.3 Å². The second-order valence-electron chi connectivity index (χ2n) is 7.53. The van der Waals surface area contributed by atoms with E-state index in [0.29, 0.717) is 10.7 Å². The fourth-order valence-electron chi connectivity index (χ4n) is 3.41. The minimum atomic E-state index is -0.471. The van der Waals surface area contributed by atoms with Gasteiger partial charge in [-0.15, -0.1) is 0 Å². The molecule has 0 radical (unpaired) electrons. The Bertz CT molecular complexity index is 1560. The molecule has 3 aromatic carbocycles. The highest BCUT2D eigenvalue weighted by molar-refractivity contribution is 6.31. The van der Waals surface area contributed by atoms with E-state index in [1.54, 1.807) is 18.3 Å². The summed E-state index contributed by atoms with van der Waals surface area (Å²) < 4.78 is 0. The maximum absolute atomic E-state index is 10.8. The lowest BCUT2D eigenvalue weighted by atomic mass is 10.2. The van der Waals surface area contributed by atoms with Crippen molar-refractivity contribution < 1.29 is 4.92 Å². The molecule has 0 amide bonds. The highest BCUT2D eigenvalue weighted by Crippen LogP contribution is 2.28. The number of fused-ring (bicyclic) bond motifs is 1. The molecule has 0 unspecified atom stereocenters. The number of halogens is 2. The third-order valence-corrected chi connectivity index (χ3v) is 5.47. The molecule has 2 aromatic heterocycles. The zero-order valence-electron chi connectivity index (χ0n) is 18.3. The van der Waals surface area contributed by atoms with Crippen molar-refractivity contribution in [2.75, 3.05) is 16.0 Å². The van der Waals surface area contributed by atoms with Gasteiger partial charge in [-0.3, -0.25) is 15.1 Å². The number of anilines is 6. The van der Waals surface area contributed by atoms with Crippen LogP contribution < -0.4 is 16.0 Å². The molecule has 12 heteroatoms. The molecule has 0 aliphatic rings. The second-order valence-corrected chi connectivity index (χ2v) is 8.30. The summed E-state index contributed by atoms with van der Waals surface area (Å²) in [4.78, 5) is 27.2. The van der Waals surface area contributed by atoms with Crippen LogP contribution in [0.3, 0.4) is 0 Å². The summed E-state index contributed by atoms with van der Waals surface area (Å²) in [5.41, 5.74) is 3.86. The van der Waals surface area contributed by atoms with E-state index in [2.05, 4.69) is 35.9 Å². The van der Waals surface area contributed by atoms with Gasteiger partial charge in [0, 0.05) is 51.5 Å². The second kappa shape index (κ2) is 9.98. The minimum absolute atomic E-state index is 0.0140. The van der Waals surface area contributed by atoms with Gasteiger partial charge in [0.25, 0.3) is 5.69 Å². The van der Waals surface area contributed by atoms with Gasteiger partial charge in [-0.25, -0.2) is 0 Å². The third-order valence-electron chi connectivity index (χ3n) is 5.07. The van der Waals surface area contributed by atoms with E-state index in [-0.39, 0.29) is 22.9 Å². The van der Waals surface area contributed by atoms with Crippen LogP contribution in [-0.4, -0.2) is 24.9 Å². The van der Waals surface area contributed by atoms with Gasteiger partial charge in [0.1, 0.15) is 0 Å². The number of nitro benzene ring substituents is 1. The number of hydrogen-bond acceptors (Lipinski definition) is 9. The lowest BCUT2D eigenvalue weighted by Gasteiger charge is -2.11. The zero-order valence-corrected chi connectivity index (χ0v) is 19.8. The molecule has 178 valence electrons. The molecule has 0 fully saturated rings. The normalized spacial score (nSPS) is 10.7. The summed E-state index contributed by atoms with van der Waals surface area (Å²) in [6, 6.07) is 20.9. The molecule has 0 bridgehead atoms. The van der Waals surface area contributed by atoms with Gasteiger partial charge < -0.3 is 16.0 Å². The Morgan fingerprint density at radius 2 is 1.31 bits per heavy atom. The number of aromatic nitrogens is 4.